The van der Waals surface area contributed by atoms with E-state index in [0.717, 1.165) is 32.3 Å². The first-order chi connectivity index (χ1) is 8.33. The molecule has 0 saturated carbocycles. The smallest absolute Gasteiger partial charge is 0.123 e. The van der Waals surface area contributed by atoms with Gasteiger partial charge in [0.2, 0.25) is 0 Å². The van der Waals surface area contributed by atoms with Gasteiger partial charge < -0.3 is 9.84 Å². The van der Waals surface area contributed by atoms with Crippen LogP contribution in [0.2, 0.25) is 0 Å². The van der Waals surface area contributed by atoms with Crippen molar-refractivity contribution in [3.8, 4) is 0 Å². The third kappa shape index (κ3) is 7.08. The minimum atomic E-state index is -0.171. The molecule has 1 rings (SSSR count). The Labute approximate surface area is 102 Å². The molecular weight excluding hydrogens is 219 g/mol. The number of halogens is 1. The van der Waals surface area contributed by atoms with Crippen molar-refractivity contribution in [3.05, 3.63) is 35.6 Å². The highest BCUT2D eigenvalue weighted by Gasteiger charge is 1.95. The second kappa shape index (κ2) is 9.14. The molecule has 0 aliphatic heterocycles. The number of ether oxygens (including phenoxy) is 1. The molecule has 0 aliphatic rings. The number of hydrogen-bond acceptors (Lipinski definition) is 2. The highest BCUT2D eigenvalue weighted by molar-refractivity contribution is 5.15. The second-order valence-corrected chi connectivity index (χ2v) is 4.13. The summed E-state index contributed by atoms with van der Waals surface area (Å²) in [6, 6.07) is 6.72. The van der Waals surface area contributed by atoms with Crippen LogP contribution in [0.4, 0.5) is 4.39 Å². The first kappa shape index (κ1) is 14.1. The van der Waals surface area contributed by atoms with Crippen LogP contribution in [-0.2, 0) is 11.2 Å². The Morgan fingerprint density at radius 1 is 0.941 bits per heavy atom. The fraction of sp³-hybridized carbons (Fsp3) is 0.571. The maximum Gasteiger partial charge on any atom is 0.123 e. The SMILES string of the molecule is OCCOCCCCCCc1ccc(F)cc1. The number of aliphatic hydroxyl groups is 1. The van der Waals surface area contributed by atoms with Gasteiger partial charge in [-0.1, -0.05) is 25.0 Å². The number of hydrogen-bond donors (Lipinski definition) is 1. The summed E-state index contributed by atoms with van der Waals surface area (Å²) in [5, 5.41) is 8.50. The molecule has 0 saturated heterocycles. The van der Waals surface area contributed by atoms with Crippen LogP contribution in [0, 0.1) is 5.82 Å². The summed E-state index contributed by atoms with van der Waals surface area (Å²) >= 11 is 0. The standard InChI is InChI=1S/C14H21FO2/c15-14-8-6-13(7-9-14)5-3-1-2-4-11-17-12-10-16/h6-9,16H,1-5,10-12H2. The third-order valence-corrected chi connectivity index (χ3v) is 2.65. The molecule has 0 bridgehead atoms. The van der Waals surface area contributed by atoms with Gasteiger partial charge in [-0.2, -0.15) is 0 Å². The molecule has 1 aromatic rings. The van der Waals surface area contributed by atoms with Gasteiger partial charge in [0, 0.05) is 6.61 Å². The van der Waals surface area contributed by atoms with Crippen LogP contribution >= 0.6 is 0 Å². The van der Waals surface area contributed by atoms with E-state index in [1.165, 1.54) is 24.1 Å². The lowest BCUT2D eigenvalue weighted by atomic mass is 10.1. The Kier molecular flexibility index (Phi) is 7.60. The van der Waals surface area contributed by atoms with Gasteiger partial charge in [0.15, 0.2) is 0 Å². The molecule has 0 amide bonds. The number of rotatable bonds is 9. The van der Waals surface area contributed by atoms with Gasteiger partial charge in [-0.3, -0.25) is 0 Å². The molecule has 0 unspecified atom stereocenters. The van der Waals surface area contributed by atoms with E-state index >= 15 is 0 Å². The van der Waals surface area contributed by atoms with Crippen molar-refractivity contribution in [2.45, 2.75) is 32.1 Å². The van der Waals surface area contributed by atoms with Gasteiger partial charge in [0.1, 0.15) is 5.82 Å². The average Bonchev–Trinajstić information content (AvgIpc) is 2.35. The summed E-state index contributed by atoms with van der Waals surface area (Å²) < 4.78 is 17.8. The fourth-order valence-electron chi connectivity index (χ4n) is 1.70. The Morgan fingerprint density at radius 2 is 1.65 bits per heavy atom. The average molecular weight is 240 g/mol. The van der Waals surface area contributed by atoms with E-state index in [-0.39, 0.29) is 12.4 Å². The van der Waals surface area contributed by atoms with Crippen molar-refractivity contribution >= 4 is 0 Å². The molecule has 96 valence electrons. The summed E-state index contributed by atoms with van der Waals surface area (Å²) in [6.45, 7) is 1.28. The van der Waals surface area contributed by atoms with Gasteiger partial charge in [-0.25, -0.2) is 4.39 Å². The van der Waals surface area contributed by atoms with Gasteiger partial charge >= 0.3 is 0 Å². The molecule has 0 radical (unpaired) electrons. The summed E-state index contributed by atoms with van der Waals surface area (Å²) in [6.07, 6.45) is 5.50. The van der Waals surface area contributed by atoms with Gasteiger partial charge in [-0.15, -0.1) is 0 Å². The van der Waals surface area contributed by atoms with Crippen molar-refractivity contribution in [1.29, 1.82) is 0 Å². The van der Waals surface area contributed by atoms with E-state index in [9.17, 15) is 4.39 Å². The van der Waals surface area contributed by atoms with Crippen molar-refractivity contribution in [3.63, 3.8) is 0 Å². The third-order valence-electron chi connectivity index (χ3n) is 2.65. The van der Waals surface area contributed by atoms with E-state index in [1.54, 1.807) is 0 Å². The maximum atomic E-state index is 12.6. The van der Waals surface area contributed by atoms with Crippen LogP contribution in [0.1, 0.15) is 31.2 Å². The van der Waals surface area contributed by atoms with Crippen molar-refractivity contribution in [1.82, 2.24) is 0 Å². The lowest BCUT2D eigenvalue weighted by Crippen LogP contribution is -2.00. The maximum absolute atomic E-state index is 12.6. The van der Waals surface area contributed by atoms with E-state index in [1.807, 2.05) is 12.1 Å². The molecule has 1 N–H and O–H groups in total. The first-order valence-corrected chi connectivity index (χ1v) is 6.26. The van der Waals surface area contributed by atoms with Crippen molar-refractivity contribution in [2.24, 2.45) is 0 Å². The van der Waals surface area contributed by atoms with Crippen LogP contribution in [0.3, 0.4) is 0 Å². The second-order valence-electron chi connectivity index (χ2n) is 4.13. The summed E-state index contributed by atoms with van der Waals surface area (Å²) in [5.41, 5.74) is 1.20. The molecule has 0 heterocycles. The molecule has 0 aliphatic carbocycles. The number of aryl methyl sites for hydroxylation is 1. The first-order valence-electron chi connectivity index (χ1n) is 6.26. The molecule has 17 heavy (non-hydrogen) atoms. The monoisotopic (exact) mass is 240 g/mol. The van der Waals surface area contributed by atoms with Crippen LogP contribution < -0.4 is 0 Å². The largest absolute Gasteiger partial charge is 0.394 e. The molecule has 0 aromatic heterocycles. The quantitative estimate of drug-likeness (QED) is 0.672. The van der Waals surface area contributed by atoms with Gasteiger partial charge in [0.05, 0.1) is 13.2 Å². The van der Waals surface area contributed by atoms with E-state index in [0.29, 0.717) is 6.61 Å². The predicted molar refractivity (Wildman–Crippen MR) is 66.5 cm³/mol. The highest BCUT2D eigenvalue weighted by atomic mass is 19.1. The fourth-order valence-corrected chi connectivity index (χ4v) is 1.70. The highest BCUT2D eigenvalue weighted by Crippen LogP contribution is 2.09. The minimum Gasteiger partial charge on any atom is -0.394 e. The number of unbranched alkanes of at least 4 members (excludes halogenated alkanes) is 3. The summed E-state index contributed by atoms with van der Waals surface area (Å²) in [7, 11) is 0. The lowest BCUT2D eigenvalue weighted by molar-refractivity contribution is 0.0895. The number of aliphatic hydroxyl groups excluding tert-OH is 1. The molecule has 2 nitrogen and oxygen atoms in total. The van der Waals surface area contributed by atoms with Gasteiger partial charge in [0.25, 0.3) is 0 Å². The predicted octanol–water partition coefficient (Wildman–Crippen LogP) is 2.94. The van der Waals surface area contributed by atoms with Crippen LogP contribution in [0.25, 0.3) is 0 Å². The van der Waals surface area contributed by atoms with E-state index in [4.69, 9.17) is 9.84 Å². The van der Waals surface area contributed by atoms with E-state index < -0.39 is 0 Å². The topological polar surface area (TPSA) is 29.5 Å². The lowest BCUT2D eigenvalue weighted by Gasteiger charge is -2.03. The molecular formula is C14H21FO2. The zero-order valence-electron chi connectivity index (χ0n) is 10.2. The Bertz CT molecular complexity index is 285. The van der Waals surface area contributed by atoms with Crippen molar-refractivity contribution < 1.29 is 14.2 Å². The molecule has 0 fully saturated rings. The zero-order chi connectivity index (χ0) is 12.3. The summed E-state index contributed by atoms with van der Waals surface area (Å²) in [5.74, 6) is -0.171. The Balaban J connectivity index is 1.95. The van der Waals surface area contributed by atoms with Crippen molar-refractivity contribution in [2.75, 3.05) is 19.8 Å². The van der Waals surface area contributed by atoms with Gasteiger partial charge in [-0.05, 0) is 37.0 Å². The normalized spacial score (nSPS) is 10.7. The zero-order valence-corrected chi connectivity index (χ0v) is 10.2. The number of benzene rings is 1. The van der Waals surface area contributed by atoms with Crippen LogP contribution in [0.15, 0.2) is 24.3 Å². The Morgan fingerprint density at radius 3 is 2.35 bits per heavy atom. The van der Waals surface area contributed by atoms with Crippen LogP contribution in [-0.4, -0.2) is 24.9 Å². The minimum absolute atomic E-state index is 0.102. The van der Waals surface area contributed by atoms with Crippen LogP contribution in [0.5, 0.6) is 0 Å². The molecule has 3 heteroatoms. The molecule has 1 aromatic carbocycles. The van der Waals surface area contributed by atoms with E-state index in [2.05, 4.69) is 0 Å². The summed E-state index contributed by atoms with van der Waals surface area (Å²) in [4.78, 5) is 0. The molecule has 0 atom stereocenters. The Hall–Kier alpha value is -0.930. The molecule has 0 spiro atoms.